The van der Waals surface area contributed by atoms with Crippen LogP contribution < -0.4 is 0 Å². The highest BCUT2D eigenvalue weighted by atomic mass is 16.8. The number of benzene rings is 2. The summed E-state index contributed by atoms with van der Waals surface area (Å²) in [5.74, 6) is -1.19. The molecule has 1 aliphatic heterocycles. The fraction of sp³-hybridized carbons (Fsp3) is 0.368. The lowest BCUT2D eigenvalue weighted by Crippen LogP contribution is -2.22. The third-order valence-corrected chi connectivity index (χ3v) is 4.37. The van der Waals surface area contributed by atoms with Gasteiger partial charge in [-0.2, -0.15) is 0 Å². The number of aliphatic hydroxyl groups is 1. The van der Waals surface area contributed by atoms with Gasteiger partial charge in [0, 0.05) is 5.56 Å². The van der Waals surface area contributed by atoms with Crippen LogP contribution in [0.25, 0.3) is 0 Å². The van der Waals surface area contributed by atoms with Crippen molar-refractivity contribution >= 4 is 0 Å². The summed E-state index contributed by atoms with van der Waals surface area (Å²) in [5, 5.41) is 11.0. The van der Waals surface area contributed by atoms with Gasteiger partial charge in [0.2, 0.25) is 5.79 Å². The summed E-state index contributed by atoms with van der Waals surface area (Å²) in [4.78, 5) is 0. The van der Waals surface area contributed by atoms with Crippen LogP contribution in [0.5, 0.6) is 0 Å². The van der Waals surface area contributed by atoms with Crippen molar-refractivity contribution in [1.82, 2.24) is 0 Å². The predicted octanol–water partition coefficient (Wildman–Crippen LogP) is 4.34. The Labute approximate surface area is 126 Å². The summed E-state index contributed by atoms with van der Waals surface area (Å²) in [7, 11) is 0. The largest absolute Gasteiger partial charge is 0.359 e. The van der Waals surface area contributed by atoms with E-state index >= 15 is 0 Å². The molecular weight excluding hydrogens is 260 g/mol. The van der Waals surface area contributed by atoms with E-state index in [1.807, 2.05) is 60.7 Å². The Kier molecular flexibility index (Phi) is 3.83. The number of ether oxygens (including phenoxy) is 1. The van der Waals surface area contributed by atoms with Gasteiger partial charge in [0.05, 0.1) is 0 Å². The number of rotatable bonds is 6. The summed E-state index contributed by atoms with van der Waals surface area (Å²) >= 11 is 0. The SMILES string of the molecule is CCCCCC1(c2ccccc2)OC1(O)c1ccccc1. The normalized spacial score (nSPS) is 27.5. The van der Waals surface area contributed by atoms with Gasteiger partial charge in [0.25, 0.3) is 0 Å². The van der Waals surface area contributed by atoms with Gasteiger partial charge in [-0.15, -0.1) is 0 Å². The Morgan fingerprint density at radius 2 is 1.43 bits per heavy atom. The third-order valence-electron chi connectivity index (χ3n) is 4.37. The van der Waals surface area contributed by atoms with Gasteiger partial charge >= 0.3 is 0 Å². The second kappa shape index (κ2) is 5.63. The van der Waals surface area contributed by atoms with Crippen molar-refractivity contribution < 1.29 is 9.84 Å². The van der Waals surface area contributed by atoms with E-state index in [0.29, 0.717) is 0 Å². The zero-order chi connectivity index (χ0) is 14.8. The smallest absolute Gasteiger partial charge is 0.228 e. The Hall–Kier alpha value is -1.64. The molecule has 0 spiro atoms. The Balaban J connectivity index is 1.93. The molecule has 1 saturated heterocycles. The molecule has 2 heteroatoms. The standard InChI is InChI=1S/C19H22O2/c1-2-3-10-15-18(16-11-6-4-7-12-16)19(20,21-18)17-13-8-5-9-14-17/h4-9,11-14,20H,2-3,10,15H2,1H3. The maximum Gasteiger partial charge on any atom is 0.228 e. The van der Waals surface area contributed by atoms with Crippen LogP contribution >= 0.6 is 0 Å². The van der Waals surface area contributed by atoms with Crippen molar-refractivity contribution in [1.29, 1.82) is 0 Å². The van der Waals surface area contributed by atoms with Crippen molar-refractivity contribution in [3.05, 3.63) is 71.8 Å². The van der Waals surface area contributed by atoms with E-state index in [9.17, 15) is 5.11 Å². The lowest BCUT2D eigenvalue weighted by molar-refractivity contribution is 0.0329. The fourth-order valence-electron chi connectivity index (χ4n) is 3.13. The Morgan fingerprint density at radius 1 is 0.857 bits per heavy atom. The summed E-state index contributed by atoms with van der Waals surface area (Å²) in [6.45, 7) is 2.19. The van der Waals surface area contributed by atoms with Crippen LogP contribution in [-0.2, 0) is 16.1 Å². The fourth-order valence-corrected chi connectivity index (χ4v) is 3.13. The summed E-state index contributed by atoms with van der Waals surface area (Å²) in [5.41, 5.74) is 1.31. The molecule has 0 aromatic heterocycles. The topological polar surface area (TPSA) is 32.8 Å². The van der Waals surface area contributed by atoms with E-state index in [2.05, 4.69) is 6.92 Å². The molecule has 1 aliphatic rings. The second-order valence-electron chi connectivity index (χ2n) is 5.76. The van der Waals surface area contributed by atoms with Gasteiger partial charge in [-0.05, 0) is 12.0 Å². The molecule has 2 aromatic carbocycles. The molecule has 0 amide bonds. The first kappa shape index (κ1) is 14.3. The van der Waals surface area contributed by atoms with Crippen LogP contribution in [0.3, 0.4) is 0 Å². The minimum Gasteiger partial charge on any atom is -0.359 e. The number of hydrogen-bond donors (Lipinski definition) is 1. The molecule has 3 rings (SSSR count). The van der Waals surface area contributed by atoms with Crippen molar-refractivity contribution in [2.24, 2.45) is 0 Å². The highest BCUT2D eigenvalue weighted by Crippen LogP contribution is 2.62. The minimum atomic E-state index is -1.19. The molecule has 2 aromatic rings. The number of epoxide rings is 1. The minimum absolute atomic E-state index is 0.592. The van der Waals surface area contributed by atoms with Gasteiger partial charge in [0.15, 0.2) is 5.60 Å². The third kappa shape index (κ3) is 2.39. The average molecular weight is 282 g/mol. The first-order valence-electron chi connectivity index (χ1n) is 7.76. The number of unbranched alkanes of at least 4 members (excludes halogenated alkanes) is 2. The average Bonchev–Trinajstić information content (AvgIpc) is 3.17. The maximum atomic E-state index is 11.0. The molecule has 0 aliphatic carbocycles. The highest BCUT2D eigenvalue weighted by molar-refractivity contribution is 5.38. The molecule has 1 heterocycles. The van der Waals surface area contributed by atoms with Gasteiger partial charge in [-0.25, -0.2) is 0 Å². The second-order valence-corrected chi connectivity index (χ2v) is 5.76. The van der Waals surface area contributed by atoms with Crippen molar-refractivity contribution in [2.75, 3.05) is 0 Å². The lowest BCUT2D eigenvalue weighted by atomic mass is 9.85. The van der Waals surface area contributed by atoms with Crippen molar-refractivity contribution in [2.45, 2.75) is 44.0 Å². The highest BCUT2D eigenvalue weighted by Gasteiger charge is 2.70. The molecule has 2 nitrogen and oxygen atoms in total. The monoisotopic (exact) mass is 282 g/mol. The molecular formula is C19H22O2. The summed E-state index contributed by atoms with van der Waals surface area (Å²) in [6, 6.07) is 19.8. The Bertz CT molecular complexity index is 581. The van der Waals surface area contributed by atoms with Crippen LogP contribution in [-0.4, -0.2) is 5.11 Å². The molecule has 21 heavy (non-hydrogen) atoms. The van der Waals surface area contributed by atoms with Crippen LogP contribution in [0.15, 0.2) is 60.7 Å². The number of hydrogen-bond acceptors (Lipinski definition) is 2. The van der Waals surface area contributed by atoms with Crippen molar-refractivity contribution in [3.63, 3.8) is 0 Å². The van der Waals surface area contributed by atoms with Crippen LogP contribution in [0.4, 0.5) is 0 Å². The molecule has 0 radical (unpaired) electrons. The van der Waals surface area contributed by atoms with Gasteiger partial charge < -0.3 is 9.84 Å². The lowest BCUT2D eigenvalue weighted by Gasteiger charge is -2.17. The van der Waals surface area contributed by atoms with E-state index in [4.69, 9.17) is 4.74 Å². The zero-order valence-corrected chi connectivity index (χ0v) is 12.5. The van der Waals surface area contributed by atoms with E-state index in [1.165, 1.54) is 0 Å². The molecule has 1 N–H and O–H groups in total. The molecule has 0 bridgehead atoms. The quantitative estimate of drug-likeness (QED) is 0.631. The van der Waals surface area contributed by atoms with Gasteiger partial charge in [0.1, 0.15) is 0 Å². The molecule has 110 valence electrons. The van der Waals surface area contributed by atoms with E-state index < -0.39 is 11.4 Å². The molecule has 2 atom stereocenters. The van der Waals surface area contributed by atoms with E-state index in [0.717, 1.165) is 36.8 Å². The van der Waals surface area contributed by atoms with Crippen LogP contribution in [0.1, 0.15) is 43.7 Å². The van der Waals surface area contributed by atoms with Gasteiger partial charge in [-0.1, -0.05) is 86.8 Å². The van der Waals surface area contributed by atoms with Gasteiger partial charge in [-0.3, -0.25) is 0 Å². The first-order chi connectivity index (χ1) is 10.2. The zero-order valence-electron chi connectivity index (χ0n) is 12.5. The summed E-state index contributed by atoms with van der Waals surface area (Å²) < 4.78 is 5.97. The summed E-state index contributed by atoms with van der Waals surface area (Å²) in [6.07, 6.45) is 4.22. The first-order valence-corrected chi connectivity index (χ1v) is 7.76. The van der Waals surface area contributed by atoms with E-state index in [-0.39, 0.29) is 0 Å². The van der Waals surface area contributed by atoms with Crippen LogP contribution in [0.2, 0.25) is 0 Å². The molecule has 0 saturated carbocycles. The maximum absolute atomic E-state index is 11.0. The van der Waals surface area contributed by atoms with E-state index in [1.54, 1.807) is 0 Å². The Morgan fingerprint density at radius 3 is 2.00 bits per heavy atom. The van der Waals surface area contributed by atoms with Crippen LogP contribution in [0, 0.1) is 0 Å². The molecule has 2 unspecified atom stereocenters. The molecule has 1 fully saturated rings. The van der Waals surface area contributed by atoms with Crippen molar-refractivity contribution in [3.8, 4) is 0 Å². The predicted molar refractivity (Wildman–Crippen MR) is 83.7 cm³/mol.